The molecule has 2 aromatic rings. The maximum absolute atomic E-state index is 13.3. The number of halogens is 1. The standard InChI is InChI=1S/C17H18FN3O2/c18-13-3-4-15-12(8-13)9-16(23-15)17(22)21-7-1-2-11(10-21)14-5-6-19-20-14/h3-6,8,11,16H,1-2,7,9-10H2,(H,19,20)/t11-,16-/m1/s1. The molecule has 1 aromatic carbocycles. The second-order valence-corrected chi connectivity index (χ2v) is 6.20. The zero-order valence-corrected chi connectivity index (χ0v) is 12.7. The average molecular weight is 315 g/mol. The predicted molar refractivity (Wildman–Crippen MR) is 81.7 cm³/mol. The van der Waals surface area contributed by atoms with E-state index >= 15 is 0 Å². The van der Waals surface area contributed by atoms with Crippen molar-refractivity contribution >= 4 is 5.91 Å². The molecule has 4 rings (SSSR count). The average Bonchev–Trinajstić information content (AvgIpc) is 3.23. The van der Waals surface area contributed by atoms with Crippen LogP contribution in [0.25, 0.3) is 0 Å². The zero-order chi connectivity index (χ0) is 15.8. The van der Waals surface area contributed by atoms with Crippen LogP contribution in [0.2, 0.25) is 0 Å². The Morgan fingerprint density at radius 3 is 3.13 bits per heavy atom. The Morgan fingerprint density at radius 1 is 1.39 bits per heavy atom. The molecule has 0 spiro atoms. The Morgan fingerprint density at radius 2 is 2.30 bits per heavy atom. The van der Waals surface area contributed by atoms with Crippen molar-refractivity contribution in [3.8, 4) is 5.75 Å². The van der Waals surface area contributed by atoms with Crippen LogP contribution in [0, 0.1) is 5.82 Å². The number of rotatable bonds is 2. The lowest BCUT2D eigenvalue weighted by molar-refractivity contribution is -0.139. The highest BCUT2D eigenvalue weighted by atomic mass is 19.1. The van der Waals surface area contributed by atoms with Crippen LogP contribution in [0.15, 0.2) is 30.5 Å². The van der Waals surface area contributed by atoms with Crippen molar-refractivity contribution < 1.29 is 13.9 Å². The SMILES string of the molecule is O=C([C@H]1Cc2cc(F)ccc2O1)N1CCC[C@@H](c2ccn[nH]2)C1. The lowest BCUT2D eigenvalue weighted by Gasteiger charge is -2.33. The van der Waals surface area contributed by atoms with Crippen molar-refractivity contribution in [2.24, 2.45) is 0 Å². The van der Waals surface area contributed by atoms with E-state index < -0.39 is 6.10 Å². The normalized spacial score (nSPS) is 23.4. The number of fused-ring (bicyclic) bond motifs is 1. The molecule has 5 nitrogen and oxygen atoms in total. The summed E-state index contributed by atoms with van der Waals surface area (Å²) in [4.78, 5) is 14.6. The number of benzene rings is 1. The fourth-order valence-electron chi connectivity index (χ4n) is 3.48. The molecule has 1 aromatic heterocycles. The van der Waals surface area contributed by atoms with Gasteiger partial charge in [-0.15, -0.1) is 0 Å². The molecule has 2 atom stereocenters. The molecule has 1 saturated heterocycles. The van der Waals surface area contributed by atoms with Crippen molar-refractivity contribution in [2.45, 2.75) is 31.3 Å². The zero-order valence-electron chi connectivity index (χ0n) is 12.7. The van der Waals surface area contributed by atoms with Crippen molar-refractivity contribution in [1.82, 2.24) is 15.1 Å². The van der Waals surface area contributed by atoms with Crippen LogP contribution in [0.4, 0.5) is 4.39 Å². The van der Waals surface area contributed by atoms with Crippen LogP contribution in [0.3, 0.4) is 0 Å². The van der Waals surface area contributed by atoms with Gasteiger partial charge in [-0.3, -0.25) is 9.89 Å². The van der Waals surface area contributed by atoms with E-state index in [0.717, 1.165) is 30.6 Å². The van der Waals surface area contributed by atoms with Gasteiger partial charge in [-0.2, -0.15) is 5.10 Å². The maximum Gasteiger partial charge on any atom is 0.264 e. The number of carbonyl (C=O) groups is 1. The van der Waals surface area contributed by atoms with Gasteiger partial charge in [0.05, 0.1) is 0 Å². The van der Waals surface area contributed by atoms with Crippen molar-refractivity contribution in [3.05, 3.63) is 47.5 Å². The van der Waals surface area contributed by atoms with Crippen LogP contribution in [-0.2, 0) is 11.2 Å². The molecule has 120 valence electrons. The Balaban J connectivity index is 1.45. The van der Waals surface area contributed by atoms with Crippen LogP contribution in [-0.4, -0.2) is 40.2 Å². The Labute approximate surface area is 133 Å². The van der Waals surface area contributed by atoms with E-state index in [2.05, 4.69) is 10.2 Å². The molecule has 1 amide bonds. The smallest absolute Gasteiger partial charge is 0.264 e. The van der Waals surface area contributed by atoms with Gasteiger partial charge in [0.1, 0.15) is 11.6 Å². The number of aromatic nitrogens is 2. The third-order valence-corrected chi connectivity index (χ3v) is 4.67. The largest absolute Gasteiger partial charge is 0.480 e. The summed E-state index contributed by atoms with van der Waals surface area (Å²) in [5.41, 5.74) is 1.84. The second kappa shape index (κ2) is 5.68. The quantitative estimate of drug-likeness (QED) is 0.925. The first kappa shape index (κ1) is 14.2. The third-order valence-electron chi connectivity index (χ3n) is 4.67. The monoisotopic (exact) mass is 315 g/mol. The van der Waals surface area contributed by atoms with Crippen molar-refractivity contribution in [1.29, 1.82) is 0 Å². The lowest BCUT2D eigenvalue weighted by atomic mass is 9.94. The number of likely N-dealkylation sites (tertiary alicyclic amines) is 1. The maximum atomic E-state index is 13.3. The summed E-state index contributed by atoms with van der Waals surface area (Å²) >= 11 is 0. The minimum Gasteiger partial charge on any atom is -0.480 e. The van der Waals surface area contributed by atoms with Gasteiger partial charge >= 0.3 is 0 Å². The van der Waals surface area contributed by atoms with E-state index in [9.17, 15) is 9.18 Å². The van der Waals surface area contributed by atoms with E-state index in [0.29, 0.717) is 18.7 Å². The fraction of sp³-hybridized carbons (Fsp3) is 0.412. The van der Waals surface area contributed by atoms with E-state index in [4.69, 9.17) is 4.74 Å². The van der Waals surface area contributed by atoms with Crippen molar-refractivity contribution in [3.63, 3.8) is 0 Å². The van der Waals surface area contributed by atoms with Gasteiger partial charge in [0, 0.05) is 42.9 Å². The molecular formula is C17H18FN3O2. The molecule has 1 N–H and O–H groups in total. The molecule has 0 radical (unpaired) electrons. The summed E-state index contributed by atoms with van der Waals surface area (Å²) in [7, 11) is 0. The minimum atomic E-state index is -0.535. The fourth-order valence-corrected chi connectivity index (χ4v) is 3.48. The van der Waals surface area contributed by atoms with Crippen LogP contribution >= 0.6 is 0 Å². The third kappa shape index (κ3) is 2.69. The summed E-state index contributed by atoms with van der Waals surface area (Å²) in [6.07, 6.45) is 3.65. The van der Waals surface area contributed by atoms with E-state index in [1.165, 1.54) is 12.1 Å². The number of amides is 1. The minimum absolute atomic E-state index is 0.00850. The number of H-pyrrole nitrogens is 1. The number of nitrogens with zero attached hydrogens (tertiary/aromatic N) is 2. The molecule has 0 aliphatic carbocycles. The molecule has 0 bridgehead atoms. The van der Waals surface area contributed by atoms with E-state index in [1.807, 2.05) is 11.0 Å². The Hall–Kier alpha value is -2.37. The van der Waals surface area contributed by atoms with Crippen molar-refractivity contribution in [2.75, 3.05) is 13.1 Å². The second-order valence-electron chi connectivity index (χ2n) is 6.20. The molecule has 0 unspecified atom stereocenters. The number of hydrogen-bond acceptors (Lipinski definition) is 3. The number of hydrogen-bond donors (Lipinski definition) is 1. The number of piperidine rings is 1. The number of aromatic amines is 1. The van der Waals surface area contributed by atoms with E-state index in [-0.39, 0.29) is 17.6 Å². The molecule has 0 saturated carbocycles. The topological polar surface area (TPSA) is 58.2 Å². The first-order valence-electron chi connectivity index (χ1n) is 7.94. The Kier molecular flexibility index (Phi) is 3.52. The first-order chi connectivity index (χ1) is 11.2. The van der Waals surface area contributed by atoms with Gasteiger partial charge in [0.2, 0.25) is 0 Å². The molecule has 1 fully saturated rings. The molecule has 3 heterocycles. The summed E-state index contributed by atoms with van der Waals surface area (Å²) in [5.74, 6) is 0.604. The summed E-state index contributed by atoms with van der Waals surface area (Å²) in [6, 6.07) is 6.37. The predicted octanol–water partition coefficient (Wildman–Crippen LogP) is 2.26. The molecule has 2 aliphatic rings. The van der Waals surface area contributed by atoms with E-state index in [1.54, 1.807) is 12.3 Å². The van der Waals surface area contributed by atoms with Crippen LogP contribution in [0.5, 0.6) is 5.75 Å². The van der Waals surface area contributed by atoms with Gasteiger partial charge in [-0.05, 0) is 37.1 Å². The number of ether oxygens (including phenoxy) is 1. The first-order valence-corrected chi connectivity index (χ1v) is 7.94. The van der Waals surface area contributed by atoms with Gasteiger partial charge < -0.3 is 9.64 Å². The van der Waals surface area contributed by atoms with Gasteiger partial charge in [-0.1, -0.05) is 0 Å². The molecule has 2 aliphatic heterocycles. The summed E-state index contributed by atoms with van der Waals surface area (Å²) < 4.78 is 19.0. The highest BCUT2D eigenvalue weighted by molar-refractivity contribution is 5.82. The highest BCUT2D eigenvalue weighted by Gasteiger charge is 2.35. The van der Waals surface area contributed by atoms with Crippen LogP contribution < -0.4 is 4.74 Å². The number of carbonyl (C=O) groups excluding carboxylic acids is 1. The van der Waals surface area contributed by atoms with Gasteiger partial charge in [0.15, 0.2) is 6.10 Å². The molecule has 23 heavy (non-hydrogen) atoms. The Bertz CT molecular complexity index is 717. The summed E-state index contributed by atoms with van der Waals surface area (Å²) in [6.45, 7) is 1.42. The lowest BCUT2D eigenvalue weighted by Crippen LogP contribution is -2.46. The molecule has 6 heteroatoms. The van der Waals surface area contributed by atoms with Crippen LogP contribution in [0.1, 0.15) is 30.0 Å². The van der Waals surface area contributed by atoms with Gasteiger partial charge in [-0.25, -0.2) is 4.39 Å². The highest BCUT2D eigenvalue weighted by Crippen LogP contribution is 2.32. The van der Waals surface area contributed by atoms with Gasteiger partial charge in [0.25, 0.3) is 5.91 Å². The summed E-state index contributed by atoms with van der Waals surface area (Å²) in [5, 5.41) is 6.99. The molecular weight excluding hydrogens is 297 g/mol. The number of nitrogens with one attached hydrogen (secondary N) is 1.